The van der Waals surface area contributed by atoms with E-state index in [9.17, 15) is 8.42 Å². The molecule has 0 heterocycles. The first-order chi connectivity index (χ1) is 11.4. The number of halogens is 1. The zero-order valence-electron chi connectivity index (χ0n) is 14.9. The highest BCUT2D eigenvalue weighted by molar-refractivity contribution is 14.0. The van der Waals surface area contributed by atoms with Gasteiger partial charge in [0.1, 0.15) is 9.84 Å². The Morgan fingerprint density at radius 1 is 1.16 bits per heavy atom. The highest BCUT2D eigenvalue weighted by Gasteiger charge is 2.06. The number of hydrogen-bond donors (Lipinski definition) is 2. The molecule has 0 aliphatic rings. The Kier molecular flexibility index (Phi) is 11.5. The van der Waals surface area contributed by atoms with Gasteiger partial charge in [-0.15, -0.1) is 24.0 Å². The van der Waals surface area contributed by atoms with Crippen molar-refractivity contribution in [2.75, 3.05) is 58.4 Å². The molecule has 0 aliphatic heterocycles. The molecule has 8 nitrogen and oxygen atoms in total. The summed E-state index contributed by atoms with van der Waals surface area (Å²) in [7, 11) is 1.81. The van der Waals surface area contributed by atoms with Crippen molar-refractivity contribution < 1.29 is 22.6 Å². The van der Waals surface area contributed by atoms with Crippen molar-refractivity contribution >= 4 is 45.5 Å². The third-order valence-electron chi connectivity index (χ3n) is 3.01. The molecule has 0 aliphatic carbocycles. The second kappa shape index (κ2) is 12.1. The third kappa shape index (κ3) is 9.70. The topological polar surface area (TPSA) is 98.3 Å². The van der Waals surface area contributed by atoms with Crippen LogP contribution in [0.1, 0.15) is 0 Å². The Hall–Kier alpha value is -1.27. The van der Waals surface area contributed by atoms with Crippen LogP contribution in [0.3, 0.4) is 0 Å². The first kappa shape index (κ1) is 23.7. The number of nitrogens with zero attached hydrogens (tertiary/aromatic N) is 1. The Balaban J connectivity index is 0.00000576. The van der Waals surface area contributed by atoms with Gasteiger partial charge >= 0.3 is 0 Å². The Morgan fingerprint density at radius 3 is 2.40 bits per heavy atom. The highest BCUT2D eigenvalue weighted by Crippen LogP contribution is 2.29. The summed E-state index contributed by atoms with van der Waals surface area (Å²) in [4.78, 5) is 4.11. The predicted molar refractivity (Wildman–Crippen MR) is 110 cm³/mol. The van der Waals surface area contributed by atoms with Gasteiger partial charge in [-0.1, -0.05) is 0 Å². The van der Waals surface area contributed by atoms with Crippen molar-refractivity contribution in [3.63, 3.8) is 0 Å². The number of sulfone groups is 1. The summed E-state index contributed by atoms with van der Waals surface area (Å²) in [5, 5.41) is 6.20. The molecule has 0 aromatic heterocycles. The minimum atomic E-state index is -2.99. The maximum Gasteiger partial charge on any atom is 0.195 e. The van der Waals surface area contributed by atoms with Crippen LogP contribution in [0.2, 0.25) is 0 Å². The van der Waals surface area contributed by atoms with Gasteiger partial charge in [-0.25, -0.2) is 8.42 Å². The number of nitrogens with one attached hydrogen (secondary N) is 2. The first-order valence-electron chi connectivity index (χ1n) is 7.34. The molecule has 0 radical (unpaired) electrons. The summed E-state index contributed by atoms with van der Waals surface area (Å²) < 4.78 is 37.7. The second-order valence-electron chi connectivity index (χ2n) is 4.94. The van der Waals surface area contributed by atoms with Crippen molar-refractivity contribution in [2.45, 2.75) is 0 Å². The number of anilines is 1. The number of ether oxygens (including phenoxy) is 3. The van der Waals surface area contributed by atoms with Crippen LogP contribution in [-0.2, 0) is 14.6 Å². The van der Waals surface area contributed by atoms with Crippen molar-refractivity contribution in [1.29, 1.82) is 0 Å². The lowest BCUT2D eigenvalue weighted by molar-refractivity contribution is 0.154. The minimum absolute atomic E-state index is 0. The number of hydrogen-bond acceptors (Lipinski definition) is 6. The van der Waals surface area contributed by atoms with Crippen molar-refractivity contribution in [1.82, 2.24) is 5.32 Å². The average Bonchev–Trinajstić information content (AvgIpc) is 2.55. The number of guanidine groups is 1. The number of rotatable bonds is 9. The Labute approximate surface area is 166 Å². The van der Waals surface area contributed by atoms with E-state index in [2.05, 4.69) is 15.6 Å². The summed E-state index contributed by atoms with van der Waals surface area (Å²) in [6, 6.07) is 5.44. The second-order valence-corrected chi connectivity index (χ2v) is 7.20. The fourth-order valence-corrected chi connectivity index (χ4v) is 2.20. The zero-order valence-corrected chi connectivity index (χ0v) is 18.0. The van der Waals surface area contributed by atoms with Crippen LogP contribution in [0.4, 0.5) is 5.69 Å². The van der Waals surface area contributed by atoms with Crippen LogP contribution in [0.5, 0.6) is 11.5 Å². The number of methoxy groups -OCH3 is 2. The summed E-state index contributed by atoms with van der Waals surface area (Å²) in [5.74, 6) is 1.84. The predicted octanol–water partition coefficient (Wildman–Crippen LogP) is 1.37. The number of benzene rings is 1. The molecule has 0 unspecified atom stereocenters. The molecular weight excluding hydrogens is 461 g/mol. The van der Waals surface area contributed by atoms with Crippen LogP contribution >= 0.6 is 24.0 Å². The van der Waals surface area contributed by atoms with Crippen LogP contribution < -0.4 is 20.1 Å². The van der Waals surface area contributed by atoms with Gasteiger partial charge in [0.05, 0.1) is 33.2 Å². The molecule has 0 saturated heterocycles. The molecular formula is C15H26IN3O5S. The molecule has 0 fully saturated rings. The average molecular weight is 487 g/mol. The van der Waals surface area contributed by atoms with Crippen LogP contribution in [-0.4, -0.2) is 67.4 Å². The van der Waals surface area contributed by atoms with Crippen LogP contribution in [0.25, 0.3) is 0 Å². The number of aliphatic imine (C=N–C) groups is 1. The maximum atomic E-state index is 11.0. The molecule has 0 amide bonds. The molecule has 1 aromatic rings. The molecule has 25 heavy (non-hydrogen) atoms. The molecule has 2 N–H and O–H groups in total. The lowest BCUT2D eigenvalue weighted by Gasteiger charge is -2.14. The molecule has 1 aromatic carbocycles. The first-order valence-corrected chi connectivity index (χ1v) is 9.41. The van der Waals surface area contributed by atoms with E-state index >= 15 is 0 Å². The smallest absolute Gasteiger partial charge is 0.195 e. The molecule has 0 atom stereocenters. The van der Waals surface area contributed by atoms with Crippen molar-refractivity contribution in [3.8, 4) is 11.5 Å². The summed E-state index contributed by atoms with van der Waals surface area (Å²) in [6.45, 7) is 1.06. The molecule has 10 heteroatoms. The van der Waals surface area contributed by atoms with Crippen molar-refractivity contribution in [2.24, 2.45) is 4.99 Å². The molecule has 0 spiro atoms. The van der Waals surface area contributed by atoms with Crippen molar-refractivity contribution in [3.05, 3.63) is 18.2 Å². The van der Waals surface area contributed by atoms with E-state index < -0.39 is 9.84 Å². The van der Waals surface area contributed by atoms with Gasteiger partial charge < -0.3 is 24.8 Å². The maximum absolute atomic E-state index is 11.0. The van der Waals surface area contributed by atoms with E-state index in [0.717, 1.165) is 5.69 Å². The minimum Gasteiger partial charge on any atom is -0.493 e. The SMILES string of the molecule is CN=C(NCCOCCS(C)(=O)=O)Nc1ccc(OC)c(OC)c1.I. The molecule has 1 rings (SSSR count). The fraction of sp³-hybridized carbons (Fsp3) is 0.533. The Bertz CT molecular complexity index is 653. The quantitative estimate of drug-likeness (QED) is 0.235. The van der Waals surface area contributed by atoms with E-state index in [1.54, 1.807) is 33.4 Å². The van der Waals surface area contributed by atoms with E-state index in [1.165, 1.54) is 6.26 Å². The monoisotopic (exact) mass is 487 g/mol. The molecule has 144 valence electrons. The third-order valence-corrected chi connectivity index (χ3v) is 3.92. The normalized spacial score (nSPS) is 11.4. The van der Waals surface area contributed by atoms with Crippen LogP contribution in [0, 0.1) is 0 Å². The lowest BCUT2D eigenvalue weighted by Crippen LogP contribution is -2.33. The van der Waals surface area contributed by atoms with Gasteiger partial charge in [0.15, 0.2) is 17.5 Å². The van der Waals surface area contributed by atoms with E-state index in [-0.39, 0.29) is 36.3 Å². The standard InChI is InChI=1S/C15H25N3O5S.HI/c1-16-15(17-7-8-23-9-10-24(4,19)20)18-12-5-6-13(21-2)14(11-12)22-3;/h5-6,11H,7-10H2,1-4H3,(H2,16,17,18);1H. The van der Waals surface area contributed by atoms with E-state index in [1.807, 2.05) is 6.07 Å². The molecule has 0 bridgehead atoms. The molecule has 0 saturated carbocycles. The lowest BCUT2D eigenvalue weighted by atomic mass is 10.3. The van der Waals surface area contributed by atoms with Crippen LogP contribution in [0.15, 0.2) is 23.2 Å². The van der Waals surface area contributed by atoms with Gasteiger partial charge in [-0.05, 0) is 12.1 Å². The fourth-order valence-electron chi connectivity index (χ4n) is 1.78. The summed E-state index contributed by atoms with van der Waals surface area (Å²) in [6.07, 6.45) is 1.18. The highest BCUT2D eigenvalue weighted by atomic mass is 127. The van der Waals surface area contributed by atoms with E-state index in [4.69, 9.17) is 14.2 Å². The largest absolute Gasteiger partial charge is 0.493 e. The van der Waals surface area contributed by atoms with E-state index in [0.29, 0.717) is 30.6 Å². The van der Waals surface area contributed by atoms with Gasteiger partial charge in [-0.3, -0.25) is 4.99 Å². The van der Waals surface area contributed by atoms with Gasteiger partial charge in [0, 0.05) is 31.6 Å². The zero-order chi connectivity index (χ0) is 18.0. The summed E-state index contributed by atoms with van der Waals surface area (Å²) in [5.41, 5.74) is 0.791. The van der Waals surface area contributed by atoms with Gasteiger partial charge in [0.2, 0.25) is 0 Å². The van der Waals surface area contributed by atoms with Gasteiger partial charge in [-0.2, -0.15) is 0 Å². The Morgan fingerprint density at radius 2 is 1.84 bits per heavy atom. The summed E-state index contributed by atoms with van der Waals surface area (Å²) >= 11 is 0. The van der Waals surface area contributed by atoms with Gasteiger partial charge in [0.25, 0.3) is 0 Å².